The topological polar surface area (TPSA) is 51.5 Å². The van der Waals surface area contributed by atoms with E-state index < -0.39 is 0 Å². The molecule has 7 aromatic rings. The zero-order valence-electron chi connectivity index (χ0n) is 22.7. The Balaban J connectivity index is 1.37. The van der Waals surface area contributed by atoms with Gasteiger partial charge in [0.15, 0.2) is 5.58 Å². The van der Waals surface area contributed by atoms with Gasteiger partial charge in [-0.2, -0.15) is 0 Å². The van der Waals surface area contributed by atoms with E-state index in [4.69, 9.17) is 18.8 Å². The Morgan fingerprint density at radius 3 is 2.27 bits per heavy atom. The van der Waals surface area contributed by atoms with Gasteiger partial charge in [-0.3, -0.25) is 4.99 Å². The number of fused-ring (bicyclic) bond motifs is 3. The summed E-state index contributed by atoms with van der Waals surface area (Å²) in [5.41, 5.74) is 7.04. The van der Waals surface area contributed by atoms with Crippen molar-refractivity contribution in [2.45, 2.75) is 26.2 Å². The van der Waals surface area contributed by atoms with Crippen LogP contribution in [0.3, 0.4) is 0 Å². The lowest BCUT2D eigenvalue weighted by Crippen LogP contribution is -2.11. The highest BCUT2D eigenvalue weighted by molar-refractivity contribution is 6.01. The summed E-state index contributed by atoms with van der Waals surface area (Å²) in [6, 6.07) is 37.0. The highest BCUT2D eigenvalue weighted by Crippen LogP contribution is 2.40. The van der Waals surface area contributed by atoms with Crippen LogP contribution in [0.2, 0.25) is 0 Å². The molecule has 0 fully saturated rings. The fraction of sp³-hybridized carbons (Fsp3) is 0.111. The molecule has 0 saturated heterocycles. The van der Waals surface area contributed by atoms with E-state index in [9.17, 15) is 0 Å². The molecule has 0 amide bonds. The van der Waals surface area contributed by atoms with Gasteiger partial charge in [-0.15, -0.1) is 0 Å². The summed E-state index contributed by atoms with van der Waals surface area (Å²) in [4.78, 5) is 9.91. The molecule has 0 aliphatic carbocycles. The Morgan fingerprint density at radius 1 is 0.675 bits per heavy atom. The minimum Gasteiger partial charge on any atom is -0.456 e. The third kappa shape index (κ3) is 4.28. The van der Waals surface area contributed by atoms with E-state index in [0.29, 0.717) is 5.89 Å². The molecule has 0 atom stereocenters. The van der Waals surface area contributed by atoms with Gasteiger partial charge in [0.1, 0.15) is 16.9 Å². The fourth-order valence-corrected chi connectivity index (χ4v) is 5.15. The highest BCUT2D eigenvalue weighted by atomic mass is 16.4. The minimum absolute atomic E-state index is 0.0808. The van der Waals surface area contributed by atoms with E-state index in [1.807, 2.05) is 48.7 Å². The molecule has 4 nitrogen and oxygen atoms in total. The molecule has 0 unspecified atom stereocenters. The molecule has 0 saturated carbocycles. The SMILES string of the molecule is CC(C)(C)c1cc(-c2cc3ccccc3o2)c2nc(-c3ccccc3N=Cc3cccc4ccccc34)oc2c1. The maximum atomic E-state index is 6.46. The molecule has 0 radical (unpaired) electrons. The standard InChI is InChI=1S/C36H28N2O2/c1-36(2,3)26-20-29(32-19-24-12-5-9-18-31(24)39-32)34-33(21-26)40-35(38-34)28-16-7-8-17-30(28)37-22-25-14-10-13-23-11-4-6-15-27(23)25/h4-22H,1-3H3. The number of aromatic nitrogens is 1. The molecular formula is C36H28N2O2. The van der Waals surface area contributed by atoms with Gasteiger partial charge in [-0.25, -0.2) is 4.98 Å². The van der Waals surface area contributed by atoms with E-state index in [1.165, 1.54) is 10.8 Å². The van der Waals surface area contributed by atoms with Crippen molar-refractivity contribution >= 4 is 44.7 Å². The van der Waals surface area contributed by atoms with E-state index in [2.05, 4.69) is 87.5 Å². The van der Waals surface area contributed by atoms with Crippen molar-refractivity contribution in [2.75, 3.05) is 0 Å². The lowest BCUT2D eigenvalue weighted by atomic mass is 9.85. The lowest BCUT2D eigenvalue weighted by Gasteiger charge is -2.19. The minimum atomic E-state index is -0.0808. The average molecular weight is 521 g/mol. The predicted octanol–water partition coefficient (Wildman–Crippen LogP) is 10.1. The summed E-state index contributed by atoms with van der Waals surface area (Å²) in [7, 11) is 0. The molecule has 194 valence electrons. The zero-order valence-corrected chi connectivity index (χ0v) is 22.7. The molecule has 0 N–H and O–H groups in total. The lowest BCUT2D eigenvalue weighted by molar-refractivity contribution is 0.583. The van der Waals surface area contributed by atoms with Crippen LogP contribution in [-0.2, 0) is 5.41 Å². The summed E-state index contributed by atoms with van der Waals surface area (Å²) in [5, 5.41) is 3.41. The van der Waals surface area contributed by atoms with Crippen LogP contribution in [0.1, 0.15) is 31.9 Å². The van der Waals surface area contributed by atoms with Gasteiger partial charge in [0.2, 0.25) is 5.89 Å². The van der Waals surface area contributed by atoms with Crippen LogP contribution in [0.15, 0.2) is 123 Å². The molecule has 0 aliphatic rings. The van der Waals surface area contributed by atoms with Crippen LogP contribution in [0.5, 0.6) is 0 Å². The van der Waals surface area contributed by atoms with Gasteiger partial charge in [-0.05, 0) is 58.1 Å². The van der Waals surface area contributed by atoms with Crippen LogP contribution >= 0.6 is 0 Å². The largest absolute Gasteiger partial charge is 0.456 e. The van der Waals surface area contributed by atoms with E-state index in [1.54, 1.807) is 0 Å². The number of benzene rings is 5. The summed E-state index contributed by atoms with van der Waals surface area (Å²) >= 11 is 0. The van der Waals surface area contributed by atoms with Crippen molar-refractivity contribution in [3.63, 3.8) is 0 Å². The van der Waals surface area contributed by atoms with Gasteiger partial charge >= 0.3 is 0 Å². The van der Waals surface area contributed by atoms with Crippen LogP contribution in [0.4, 0.5) is 5.69 Å². The second kappa shape index (κ2) is 9.35. The average Bonchev–Trinajstić information content (AvgIpc) is 3.60. The van der Waals surface area contributed by atoms with E-state index >= 15 is 0 Å². The Bertz CT molecular complexity index is 2020. The third-order valence-corrected chi connectivity index (χ3v) is 7.35. The first-order valence-electron chi connectivity index (χ1n) is 13.5. The van der Waals surface area contributed by atoms with Crippen molar-refractivity contribution < 1.29 is 8.83 Å². The van der Waals surface area contributed by atoms with Gasteiger partial charge in [-0.1, -0.05) is 93.6 Å². The van der Waals surface area contributed by atoms with E-state index in [-0.39, 0.29) is 5.41 Å². The number of hydrogen-bond donors (Lipinski definition) is 0. The summed E-state index contributed by atoms with van der Waals surface area (Å²) in [6.45, 7) is 6.60. The second-order valence-electron chi connectivity index (χ2n) is 11.1. The number of hydrogen-bond acceptors (Lipinski definition) is 4. The first kappa shape index (κ1) is 24.1. The normalized spacial score (nSPS) is 12.3. The zero-order chi connectivity index (χ0) is 27.3. The maximum absolute atomic E-state index is 6.46. The van der Waals surface area contributed by atoms with Crippen LogP contribution in [0, 0.1) is 0 Å². The number of rotatable bonds is 4. The monoisotopic (exact) mass is 520 g/mol. The Labute approximate surface area is 232 Å². The maximum Gasteiger partial charge on any atom is 0.229 e. The third-order valence-electron chi connectivity index (χ3n) is 7.35. The molecule has 2 aromatic heterocycles. The first-order valence-corrected chi connectivity index (χ1v) is 13.5. The van der Waals surface area contributed by atoms with E-state index in [0.717, 1.165) is 55.8 Å². The highest BCUT2D eigenvalue weighted by Gasteiger charge is 2.22. The summed E-state index contributed by atoms with van der Waals surface area (Å²) in [6.07, 6.45) is 1.92. The predicted molar refractivity (Wildman–Crippen MR) is 165 cm³/mol. The molecule has 4 heteroatoms. The van der Waals surface area contributed by atoms with Crippen molar-refractivity contribution in [1.82, 2.24) is 4.98 Å². The summed E-state index contributed by atoms with van der Waals surface area (Å²) in [5.74, 6) is 1.31. The van der Waals surface area contributed by atoms with Gasteiger partial charge < -0.3 is 8.83 Å². The molecule has 2 heterocycles. The van der Waals surface area contributed by atoms with Crippen molar-refractivity contribution in [3.8, 4) is 22.8 Å². The van der Waals surface area contributed by atoms with Crippen molar-refractivity contribution in [2.24, 2.45) is 4.99 Å². The molecule has 0 aliphatic heterocycles. The quantitative estimate of drug-likeness (QED) is 0.217. The number of para-hydroxylation sites is 2. The number of oxazole rings is 1. The molecule has 0 spiro atoms. The van der Waals surface area contributed by atoms with Gasteiger partial charge in [0.05, 0.1) is 11.3 Å². The first-order chi connectivity index (χ1) is 19.4. The van der Waals surface area contributed by atoms with Crippen molar-refractivity contribution in [3.05, 3.63) is 120 Å². The Kier molecular flexibility index (Phi) is 5.64. The van der Waals surface area contributed by atoms with Crippen LogP contribution in [-0.4, -0.2) is 11.2 Å². The van der Waals surface area contributed by atoms with Gasteiger partial charge in [0, 0.05) is 22.7 Å². The molecular weight excluding hydrogens is 492 g/mol. The molecule has 5 aromatic carbocycles. The van der Waals surface area contributed by atoms with Gasteiger partial charge in [0.25, 0.3) is 0 Å². The number of aliphatic imine (C=N–C) groups is 1. The van der Waals surface area contributed by atoms with Crippen LogP contribution in [0.25, 0.3) is 55.6 Å². The Hall–Kier alpha value is -4.96. The fourth-order valence-electron chi connectivity index (χ4n) is 5.15. The smallest absolute Gasteiger partial charge is 0.229 e. The Morgan fingerprint density at radius 2 is 1.43 bits per heavy atom. The molecule has 40 heavy (non-hydrogen) atoms. The number of nitrogens with zero attached hydrogens (tertiary/aromatic N) is 2. The second-order valence-corrected chi connectivity index (χ2v) is 11.1. The van der Waals surface area contributed by atoms with Crippen LogP contribution < -0.4 is 0 Å². The molecule has 7 rings (SSSR count). The number of furan rings is 1. The summed E-state index contributed by atoms with van der Waals surface area (Å²) < 4.78 is 12.7. The van der Waals surface area contributed by atoms with Crippen molar-refractivity contribution in [1.29, 1.82) is 0 Å². The molecule has 0 bridgehead atoms.